The predicted molar refractivity (Wildman–Crippen MR) is 95.3 cm³/mol. The third-order valence-corrected chi connectivity index (χ3v) is 4.09. The molecule has 0 aliphatic carbocycles. The van der Waals surface area contributed by atoms with Crippen LogP contribution in [0.1, 0.15) is 28.5 Å². The zero-order valence-corrected chi connectivity index (χ0v) is 13.8. The van der Waals surface area contributed by atoms with Gasteiger partial charge in [-0.25, -0.2) is 0 Å². The highest BCUT2D eigenvalue weighted by molar-refractivity contribution is 6.31. The Morgan fingerprint density at radius 3 is 2.74 bits per heavy atom. The Morgan fingerprint density at radius 1 is 1.17 bits per heavy atom. The molecule has 0 saturated carbocycles. The van der Waals surface area contributed by atoms with E-state index in [1.807, 2.05) is 49.4 Å². The van der Waals surface area contributed by atoms with Gasteiger partial charge in [0, 0.05) is 16.1 Å². The molecule has 4 heteroatoms. The van der Waals surface area contributed by atoms with Crippen LogP contribution in [0.5, 0.6) is 0 Å². The van der Waals surface area contributed by atoms with Crippen molar-refractivity contribution in [3.05, 3.63) is 70.4 Å². The lowest BCUT2D eigenvalue weighted by Gasteiger charge is -2.11. The largest absolute Gasteiger partial charge is 0.322 e. The van der Waals surface area contributed by atoms with Gasteiger partial charge in [-0.3, -0.25) is 9.78 Å². The normalized spacial score (nSPS) is 10.7. The van der Waals surface area contributed by atoms with E-state index in [2.05, 4.69) is 17.2 Å². The van der Waals surface area contributed by atoms with Gasteiger partial charge in [0.05, 0.1) is 16.8 Å². The van der Waals surface area contributed by atoms with Gasteiger partial charge in [-0.05, 0) is 49.2 Å². The number of benzene rings is 2. The summed E-state index contributed by atoms with van der Waals surface area (Å²) in [7, 11) is 0. The van der Waals surface area contributed by atoms with Crippen molar-refractivity contribution in [2.45, 2.75) is 20.3 Å². The molecule has 1 aromatic heterocycles. The summed E-state index contributed by atoms with van der Waals surface area (Å²) >= 11 is 6.03. The van der Waals surface area contributed by atoms with Crippen molar-refractivity contribution in [1.82, 2.24) is 4.98 Å². The maximum atomic E-state index is 12.6. The highest BCUT2D eigenvalue weighted by Crippen LogP contribution is 2.22. The third kappa shape index (κ3) is 3.20. The van der Waals surface area contributed by atoms with Crippen molar-refractivity contribution in [3.8, 4) is 0 Å². The van der Waals surface area contributed by atoms with Crippen molar-refractivity contribution >= 4 is 34.1 Å². The van der Waals surface area contributed by atoms with E-state index >= 15 is 0 Å². The fourth-order valence-electron chi connectivity index (χ4n) is 2.61. The van der Waals surface area contributed by atoms with Crippen LogP contribution in [0.25, 0.3) is 10.9 Å². The van der Waals surface area contributed by atoms with Crippen LogP contribution in [0.2, 0.25) is 5.02 Å². The highest BCUT2D eigenvalue weighted by Gasteiger charge is 2.13. The summed E-state index contributed by atoms with van der Waals surface area (Å²) in [5, 5.41) is 4.47. The number of pyridine rings is 1. The molecule has 0 aliphatic heterocycles. The van der Waals surface area contributed by atoms with Gasteiger partial charge in [-0.1, -0.05) is 36.7 Å². The molecule has 0 spiro atoms. The quantitative estimate of drug-likeness (QED) is 0.735. The number of halogens is 1. The zero-order valence-electron chi connectivity index (χ0n) is 13.1. The van der Waals surface area contributed by atoms with E-state index in [-0.39, 0.29) is 5.91 Å². The summed E-state index contributed by atoms with van der Waals surface area (Å²) in [5.41, 5.74) is 4.04. The number of hydrogen-bond donors (Lipinski definition) is 1. The standard InChI is InChI=1S/C19H17ClN2O/c1-3-13-6-4-5-7-17(13)22-19(23)16-11-14-10-15(20)8-9-18(14)21-12(16)2/h4-11H,3H2,1-2H3,(H,22,23). The van der Waals surface area contributed by atoms with Gasteiger partial charge < -0.3 is 5.32 Å². The molecule has 0 fully saturated rings. The summed E-state index contributed by atoms with van der Waals surface area (Å²) in [6.45, 7) is 3.91. The second-order valence-electron chi connectivity index (χ2n) is 5.42. The molecule has 3 nitrogen and oxygen atoms in total. The van der Waals surface area contributed by atoms with E-state index < -0.39 is 0 Å². The molecule has 2 aromatic carbocycles. The first-order valence-electron chi connectivity index (χ1n) is 7.54. The van der Waals surface area contributed by atoms with Crippen LogP contribution in [-0.4, -0.2) is 10.9 Å². The molecule has 0 bridgehead atoms. The highest BCUT2D eigenvalue weighted by atomic mass is 35.5. The number of nitrogens with zero attached hydrogens (tertiary/aromatic N) is 1. The molecule has 0 unspecified atom stereocenters. The monoisotopic (exact) mass is 324 g/mol. The average Bonchev–Trinajstić information content (AvgIpc) is 2.55. The molecule has 1 N–H and O–H groups in total. The lowest BCUT2D eigenvalue weighted by molar-refractivity contribution is 0.102. The van der Waals surface area contributed by atoms with Gasteiger partial charge in [0.1, 0.15) is 0 Å². The number of aromatic nitrogens is 1. The molecule has 3 rings (SSSR count). The Hall–Kier alpha value is -2.39. The Morgan fingerprint density at radius 2 is 1.96 bits per heavy atom. The van der Waals surface area contributed by atoms with E-state index in [0.717, 1.165) is 28.6 Å². The number of aryl methyl sites for hydroxylation is 2. The van der Waals surface area contributed by atoms with Crippen molar-refractivity contribution in [2.24, 2.45) is 0 Å². The molecule has 23 heavy (non-hydrogen) atoms. The minimum Gasteiger partial charge on any atom is -0.322 e. The van der Waals surface area contributed by atoms with Crippen molar-refractivity contribution in [2.75, 3.05) is 5.32 Å². The molecular weight excluding hydrogens is 308 g/mol. The number of hydrogen-bond acceptors (Lipinski definition) is 2. The molecule has 3 aromatic rings. The van der Waals surface area contributed by atoms with Crippen LogP contribution < -0.4 is 5.32 Å². The number of nitrogens with one attached hydrogen (secondary N) is 1. The molecule has 0 aliphatic rings. The number of fused-ring (bicyclic) bond motifs is 1. The molecule has 0 radical (unpaired) electrons. The topological polar surface area (TPSA) is 42.0 Å². The molecule has 1 amide bonds. The van der Waals surface area contributed by atoms with Gasteiger partial charge >= 0.3 is 0 Å². The van der Waals surface area contributed by atoms with Gasteiger partial charge in [0.25, 0.3) is 5.91 Å². The second kappa shape index (κ2) is 6.39. The third-order valence-electron chi connectivity index (χ3n) is 3.86. The van der Waals surface area contributed by atoms with Crippen molar-refractivity contribution < 1.29 is 4.79 Å². The maximum Gasteiger partial charge on any atom is 0.257 e. The number of para-hydroxylation sites is 1. The molecule has 0 atom stereocenters. The van der Waals surface area contributed by atoms with Crippen LogP contribution >= 0.6 is 11.6 Å². The minimum atomic E-state index is -0.155. The summed E-state index contributed by atoms with van der Waals surface area (Å²) < 4.78 is 0. The van der Waals surface area contributed by atoms with Gasteiger partial charge in [0.2, 0.25) is 0 Å². The first-order chi connectivity index (χ1) is 11.1. The maximum absolute atomic E-state index is 12.6. The molecule has 1 heterocycles. The van der Waals surface area contributed by atoms with Gasteiger partial charge in [-0.15, -0.1) is 0 Å². The second-order valence-corrected chi connectivity index (χ2v) is 5.86. The number of carbonyl (C=O) groups is 1. The van der Waals surface area contributed by atoms with Crippen molar-refractivity contribution in [1.29, 1.82) is 0 Å². The lowest BCUT2D eigenvalue weighted by Crippen LogP contribution is -2.15. The summed E-state index contributed by atoms with van der Waals surface area (Å²) in [6.07, 6.45) is 0.862. The van der Waals surface area contributed by atoms with Crippen LogP contribution in [0, 0.1) is 6.92 Å². The summed E-state index contributed by atoms with van der Waals surface area (Å²) in [4.78, 5) is 17.2. The number of anilines is 1. The van der Waals surface area contributed by atoms with Gasteiger partial charge in [0.15, 0.2) is 0 Å². The van der Waals surface area contributed by atoms with Crippen LogP contribution in [0.4, 0.5) is 5.69 Å². The predicted octanol–water partition coefficient (Wildman–Crippen LogP) is 5.01. The minimum absolute atomic E-state index is 0.155. The Bertz CT molecular complexity index is 890. The van der Waals surface area contributed by atoms with E-state index in [0.29, 0.717) is 16.3 Å². The SMILES string of the molecule is CCc1ccccc1NC(=O)c1cc2cc(Cl)ccc2nc1C. The number of carbonyl (C=O) groups excluding carboxylic acids is 1. The first kappa shape index (κ1) is 15.5. The summed E-state index contributed by atoms with van der Waals surface area (Å²) in [5.74, 6) is -0.155. The zero-order chi connectivity index (χ0) is 16.4. The molecule has 0 saturated heterocycles. The van der Waals surface area contributed by atoms with Crippen LogP contribution in [-0.2, 0) is 6.42 Å². The Balaban J connectivity index is 1.98. The van der Waals surface area contributed by atoms with E-state index in [1.54, 1.807) is 6.07 Å². The summed E-state index contributed by atoms with van der Waals surface area (Å²) in [6, 6.07) is 15.1. The fraction of sp³-hybridized carbons (Fsp3) is 0.158. The number of rotatable bonds is 3. The van der Waals surface area contributed by atoms with Crippen LogP contribution in [0.3, 0.4) is 0 Å². The van der Waals surface area contributed by atoms with E-state index in [1.165, 1.54) is 0 Å². The lowest BCUT2D eigenvalue weighted by atomic mass is 10.1. The van der Waals surface area contributed by atoms with E-state index in [4.69, 9.17) is 11.6 Å². The average molecular weight is 325 g/mol. The molecular formula is C19H17ClN2O. The van der Waals surface area contributed by atoms with Crippen LogP contribution in [0.15, 0.2) is 48.5 Å². The smallest absolute Gasteiger partial charge is 0.257 e. The Kier molecular flexibility index (Phi) is 4.30. The number of amides is 1. The Labute approximate surface area is 140 Å². The van der Waals surface area contributed by atoms with Crippen molar-refractivity contribution in [3.63, 3.8) is 0 Å². The first-order valence-corrected chi connectivity index (χ1v) is 7.92. The fourth-order valence-corrected chi connectivity index (χ4v) is 2.79. The van der Waals surface area contributed by atoms with E-state index in [9.17, 15) is 4.79 Å². The molecule has 116 valence electrons. The van der Waals surface area contributed by atoms with Gasteiger partial charge in [-0.2, -0.15) is 0 Å².